The summed E-state index contributed by atoms with van der Waals surface area (Å²) in [6.45, 7) is 1.04. The molecule has 22 heavy (non-hydrogen) atoms. The van der Waals surface area contributed by atoms with Gasteiger partial charge in [-0.15, -0.1) is 0 Å². The van der Waals surface area contributed by atoms with Crippen molar-refractivity contribution in [3.8, 4) is 5.69 Å². The van der Waals surface area contributed by atoms with Gasteiger partial charge >= 0.3 is 0 Å². The molecule has 3 N–H and O–H groups in total. The molecule has 1 aromatic carbocycles. The van der Waals surface area contributed by atoms with Crippen LogP contribution >= 0.6 is 0 Å². The summed E-state index contributed by atoms with van der Waals surface area (Å²) in [5.41, 5.74) is 5.64. The van der Waals surface area contributed by atoms with Crippen molar-refractivity contribution in [2.75, 3.05) is 13.1 Å². The summed E-state index contributed by atoms with van der Waals surface area (Å²) in [4.78, 5) is 26.4. The normalized spacial score (nSPS) is 10.4. The van der Waals surface area contributed by atoms with Crippen LogP contribution in [0.2, 0.25) is 0 Å². The molecule has 2 aromatic rings. The number of carbonyl (C=O) groups is 1. The maximum Gasteiger partial charge on any atom is 0.295 e. The lowest BCUT2D eigenvalue weighted by molar-refractivity contribution is -0.384. The minimum absolute atomic E-state index is 0.208. The highest BCUT2D eigenvalue weighted by Gasteiger charge is 2.19. The van der Waals surface area contributed by atoms with E-state index in [0.29, 0.717) is 13.1 Å². The first-order valence-electron chi connectivity index (χ1n) is 6.75. The van der Waals surface area contributed by atoms with Gasteiger partial charge in [0, 0.05) is 18.2 Å². The Labute approximate surface area is 126 Å². The van der Waals surface area contributed by atoms with Crippen LogP contribution in [-0.2, 0) is 0 Å². The quantitative estimate of drug-likeness (QED) is 0.439. The molecule has 1 aromatic heterocycles. The van der Waals surface area contributed by atoms with Gasteiger partial charge in [-0.1, -0.05) is 0 Å². The second kappa shape index (κ2) is 7.27. The third-order valence-electron chi connectivity index (χ3n) is 3.02. The highest BCUT2D eigenvalue weighted by Crippen LogP contribution is 2.23. The molecule has 2 rings (SSSR count). The standard InChI is InChI=1S/C13H16N6O3/c14-5-1-2-6-16-13(20)10-3-4-11(12(7-10)19(21)22)18-9-15-8-17-18/h3-4,7-9H,1-2,5-6,14H2,(H,16,20). The highest BCUT2D eigenvalue weighted by molar-refractivity contribution is 5.95. The van der Waals surface area contributed by atoms with Gasteiger partial charge in [0.05, 0.1) is 4.92 Å². The van der Waals surface area contributed by atoms with E-state index in [1.807, 2.05) is 0 Å². The van der Waals surface area contributed by atoms with E-state index in [1.165, 1.54) is 35.5 Å². The highest BCUT2D eigenvalue weighted by atomic mass is 16.6. The molecule has 0 saturated carbocycles. The maximum atomic E-state index is 12.0. The lowest BCUT2D eigenvalue weighted by atomic mass is 10.1. The Morgan fingerprint density at radius 1 is 1.41 bits per heavy atom. The predicted molar refractivity (Wildman–Crippen MR) is 78.6 cm³/mol. The summed E-state index contributed by atoms with van der Waals surface area (Å²) in [6.07, 6.45) is 4.21. The van der Waals surface area contributed by atoms with E-state index in [2.05, 4.69) is 15.4 Å². The largest absolute Gasteiger partial charge is 0.352 e. The lowest BCUT2D eigenvalue weighted by Gasteiger charge is -2.07. The number of nitrogens with one attached hydrogen (secondary N) is 1. The van der Waals surface area contributed by atoms with Crippen molar-refractivity contribution in [3.63, 3.8) is 0 Å². The van der Waals surface area contributed by atoms with Crippen LogP contribution in [0.5, 0.6) is 0 Å². The monoisotopic (exact) mass is 304 g/mol. The number of nitro benzene ring substituents is 1. The second-order valence-corrected chi connectivity index (χ2v) is 4.55. The van der Waals surface area contributed by atoms with Crippen LogP contribution in [0.25, 0.3) is 5.69 Å². The van der Waals surface area contributed by atoms with E-state index >= 15 is 0 Å². The predicted octanol–water partition coefficient (Wildman–Crippen LogP) is 0.644. The molecule has 0 atom stereocenters. The molecule has 0 fully saturated rings. The maximum absolute atomic E-state index is 12.0. The van der Waals surface area contributed by atoms with E-state index in [0.717, 1.165) is 12.8 Å². The summed E-state index contributed by atoms with van der Waals surface area (Å²) in [6, 6.07) is 4.22. The van der Waals surface area contributed by atoms with E-state index in [1.54, 1.807) is 0 Å². The summed E-state index contributed by atoms with van der Waals surface area (Å²) < 4.78 is 1.28. The number of unbranched alkanes of at least 4 members (excludes halogenated alkanes) is 1. The number of nitrogens with two attached hydrogens (primary N) is 1. The van der Waals surface area contributed by atoms with Gasteiger partial charge in [-0.25, -0.2) is 9.67 Å². The Morgan fingerprint density at radius 2 is 2.23 bits per heavy atom. The lowest BCUT2D eigenvalue weighted by Crippen LogP contribution is -2.25. The SMILES string of the molecule is NCCCCNC(=O)c1ccc(-n2cncn2)c([N+](=O)[O-])c1. The zero-order valence-corrected chi connectivity index (χ0v) is 11.8. The van der Waals surface area contributed by atoms with Crippen molar-refractivity contribution in [1.29, 1.82) is 0 Å². The minimum Gasteiger partial charge on any atom is -0.352 e. The number of hydrogen-bond acceptors (Lipinski definition) is 6. The Kier molecular flexibility index (Phi) is 5.15. The van der Waals surface area contributed by atoms with Gasteiger partial charge in [-0.05, 0) is 31.5 Å². The molecule has 0 spiro atoms. The fourth-order valence-electron chi connectivity index (χ4n) is 1.91. The van der Waals surface area contributed by atoms with Crippen LogP contribution in [0, 0.1) is 10.1 Å². The molecule has 116 valence electrons. The molecule has 9 nitrogen and oxygen atoms in total. The molecule has 0 radical (unpaired) electrons. The number of benzene rings is 1. The molecule has 0 aliphatic carbocycles. The summed E-state index contributed by atoms with van der Waals surface area (Å²) >= 11 is 0. The smallest absolute Gasteiger partial charge is 0.295 e. The molecule has 9 heteroatoms. The Balaban J connectivity index is 2.19. The van der Waals surface area contributed by atoms with Gasteiger partial charge in [0.1, 0.15) is 18.3 Å². The van der Waals surface area contributed by atoms with Gasteiger partial charge in [-0.2, -0.15) is 5.10 Å². The number of nitrogens with zero attached hydrogens (tertiary/aromatic N) is 4. The summed E-state index contributed by atoms with van der Waals surface area (Å²) in [5, 5.41) is 17.8. The first-order chi connectivity index (χ1) is 10.6. The zero-order chi connectivity index (χ0) is 15.9. The number of hydrogen-bond donors (Lipinski definition) is 2. The molecule has 0 saturated heterocycles. The van der Waals surface area contributed by atoms with Crippen LogP contribution < -0.4 is 11.1 Å². The van der Waals surface area contributed by atoms with Gasteiger partial charge in [0.2, 0.25) is 0 Å². The zero-order valence-electron chi connectivity index (χ0n) is 11.8. The van der Waals surface area contributed by atoms with Crippen LogP contribution in [0.3, 0.4) is 0 Å². The molecule has 0 bridgehead atoms. The third-order valence-corrected chi connectivity index (χ3v) is 3.02. The van der Waals surface area contributed by atoms with Gasteiger partial charge in [-0.3, -0.25) is 14.9 Å². The topological polar surface area (TPSA) is 129 Å². The van der Waals surface area contributed by atoms with Crippen LogP contribution in [0.4, 0.5) is 5.69 Å². The van der Waals surface area contributed by atoms with E-state index in [9.17, 15) is 14.9 Å². The van der Waals surface area contributed by atoms with E-state index in [-0.39, 0.29) is 22.8 Å². The van der Waals surface area contributed by atoms with Crippen molar-refractivity contribution in [2.24, 2.45) is 5.73 Å². The molecule has 1 heterocycles. The first-order valence-corrected chi connectivity index (χ1v) is 6.75. The molecule has 0 aliphatic rings. The molecule has 0 aliphatic heterocycles. The molecular weight excluding hydrogens is 288 g/mol. The van der Waals surface area contributed by atoms with Gasteiger partial charge in [0.15, 0.2) is 0 Å². The van der Waals surface area contributed by atoms with E-state index in [4.69, 9.17) is 5.73 Å². The van der Waals surface area contributed by atoms with Crippen LogP contribution in [-0.4, -0.2) is 38.7 Å². The van der Waals surface area contributed by atoms with Crippen LogP contribution in [0.15, 0.2) is 30.9 Å². The van der Waals surface area contributed by atoms with E-state index < -0.39 is 4.92 Å². The fourth-order valence-corrected chi connectivity index (χ4v) is 1.91. The summed E-state index contributed by atoms with van der Waals surface area (Å²) in [7, 11) is 0. The summed E-state index contributed by atoms with van der Waals surface area (Å²) in [5.74, 6) is -0.356. The van der Waals surface area contributed by atoms with Crippen molar-refractivity contribution < 1.29 is 9.72 Å². The molecular formula is C13H16N6O3. The van der Waals surface area contributed by atoms with Gasteiger partial charge in [0.25, 0.3) is 11.6 Å². The Hall–Kier alpha value is -2.81. The second-order valence-electron chi connectivity index (χ2n) is 4.55. The Bertz CT molecular complexity index is 656. The minimum atomic E-state index is -0.553. The fraction of sp³-hybridized carbons (Fsp3) is 0.308. The van der Waals surface area contributed by atoms with Crippen LogP contribution in [0.1, 0.15) is 23.2 Å². The van der Waals surface area contributed by atoms with Crippen molar-refractivity contribution in [2.45, 2.75) is 12.8 Å². The first kappa shape index (κ1) is 15.6. The number of nitro groups is 1. The Morgan fingerprint density at radius 3 is 2.86 bits per heavy atom. The van der Waals surface area contributed by atoms with Crippen molar-refractivity contribution in [1.82, 2.24) is 20.1 Å². The number of aromatic nitrogens is 3. The number of amides is 1. The molecule has 1 amide bonds. The average Bonchev–Trinajstić information content (AvgIpc) is 3.05. The molecule has 0 unspecified atom stereocenters. The number of rotatable bonds is 7. The third kappa shape index (κ3) is 3.64. The number of carbonyl (C=O) groups excluding carboxylic acids is 1. The van der Waals surface area contributed by atoms with Crippen molar-refractivity contribution >= 4 is 11.6 Å². The van der Waals surface area contributed by atoms with Crippen molar-refractivity contribution in [3.05, 3.63) is 46.5 Å². The average molecular weight is 304 g/mol. The van der Waals surface area contributed by atoms with Gasteiger partial charge < -0.3 is 11.1 Å².